The van der Waals surface area contributed by atoms with Gasteiger partial charge >= 0.3 is 0 Å². The Hall–Kier alpha value is -4.33. The number of aromatic hydroxyl groups is 1. The predicted octanol–water partition coefficient (Wildman–Crippen LogP) is 6.51. The Balaban J connectivity index is 1.62. The van der Waals surface area contributed by atoms with Crippen molar-refractivity contribution in [2.75, 3.05) is 13.2 Å². The number of ether oxygens (including phenoxy) is 2. The van der Waals surface area contributed by atoms with Crippen LogP contribution in [-0.2, 0) is 6.54 Å². The van der Waals surface area contributed by atoms with E-state index in [1.165, 1.54) is 0 Å². The molecule has 1 aliphatic rings. The van der Waals surface area contributed by atoms with Gasteiger partial charge in [-0.25, -0.2) is 0 Å². The summed E-state index contributed by atoms with van der Waals surface area (Å²) >= 11 is 0. The van der Waals surface area contributed by atoms with Crippen molar-refractivity contribution in [2.45, 2.75) is 59.5 Å². The van der Waals surface area contributed by atoms with Crippen molar-refractivity contribution in [1.29, 1.82) is 0 Å². The van der Waals surface area contributed by atoms with Crippen LogP contribution in [0.3, 0.4) is 0 Å². The molecule has 1 aliphatic heterocycles. The van der Waals surface area contributed by atoms with E-state index in [1.807, 2.05) is 68.1 Å². The third kappa shape index (κ3) is 5.26. The minimum atomic E-state index is -0.468. The van der Waals surface area contributed by atoms with Crippen molar-refractivity contribution in [2.24, 2.45) is 0 Å². The number of fused-ring (bicyclic) bond motifs is 1. The number of nitrogens with zero attached hydrogens (tertiary/aromatic N) is 3. The highest BCUT2D eigenvalue weighted by Crippen LogP contribution is 2.47. The number of carbonyl (C=O) groups excluding carboxylic acids is 1. The smallest absolute Gasteiger partial charge is 0.273 e. The number of pyridine rings is 1. The van der Waals surface area contributed by atoms with Crippen LogP contribution < -0.4 is 9.47 Å². The quantitative estimate of drug-likeness (QED) is 0.210. The summed E-state index contributed by atoms with van der Waals surface area (Å²) in [5.41, 5.74) is 5.83. The molecule has 0 saturated carbocycles. The first kappa shape index (κ1) is 27.2. The first-order chi connectivity index (χ1) is 19.4. The van der Waals surface area contributed by atoms with E-state index in [0.29, 0.717) is 48.2 Å². The van der Waals surface area contributed by atoms with Gasteiger partial charge in [-0.2, -0.15) is 5.10 Å². The van der Waals surface area contributed by atoms with Crippen LogP contribution in [0.1, 0.15) is 77.5 Å². The number of aromatic nitrogens is 3. The Labute approximate surface area is 235 Å². The molecule has 208 valence electrons. The maximum Gasteiger partial charge on any atom is 0.273 e. The van der Waals surface area contributed by atoms with Crippen LogP contribution in [0.15, 0.2) is 54.9 Å². The van der Waals surface area contributed by atoms with E-state index >= 15 is 0 Å². The number of hydrogen-bond donors (Lipinski definition) is 2. The Bertz CT molecular complexity index is 1500. The second kappa shape index (κ2) is 11.8. The number of benzene rings is 2. The molecule has 1 amide bonds. The minimum Gasteiger partial charge on any atom is -0.507 e. The highest BCUT2D eigenvalue weighted by Gasteiger charge is 2.43. The Morgan fingerprint density at radius 3 is 2.65 bits per heavy atom. The standard InChI is InChI=1S/C32H36N4O4/c1-5-7-8-14-40-25-12-11-23(17-26(25)39-6-2)30-27-28(24-16-20(3)15-21(4)31(24)37)34-35-29(27)32(38)36(30)19-22-10-9-13-33-18-22/h9-13,15-18,30,37H,5-8,14,19H2,1-4H3,(H,34,35). The van der Waals surface area contributed by atoms with Crippen molar-refractivity contribution in [1.82, 2.24) is 20.1 Å². The van der Waals surface area contributed by atoms with E-state index in [-0.39, 0.29) is 11.7 Å². The maximum atomic E-state index is 13.8. The topological polar surface area (TPSA) is 101 Å². The van der Waals surface area contributed by atoms with E-state index in [0.717, 1.165) is 47.1 Å². The lowest BCUT2D eigenvalue weighted by Gasteiger charge is -2.27. The zero-order valence-corrected chi connectivity index (χ0v) is 23.5. The first-order valence-corrected chi connectivity index (χ1v) is 13.9. The molecule has 4 aromatic rings. The summed E-state index contributed by atoms with van der Waals surface area (Å²) in [6.07, 6.45) is 6.68. The normalized spacial score (nSPS) is 14.4. The number of amides is 1. The molecule has 2 aromatic carbocycles. The molecule has 0 fully saturated rings. The zero-order chi connectivity index (χ0) is 28.2. The third-order valence-electron chi connectivity index (χ3n) is 7.23. The number of hydrogen-bond acceptors (Lipinski definition) is 6. The minimum absolute atomic E-state index is 0.155. The molecule has 0 radical (unpaired) electrons. The van der Waals surface area contributed by atoms with Gasteiger partial charge in [0.25, 0.3) is 5.91 Å². The van der Waals surface area contributed by atoms with Gasteiger partial charge in [-0.15, -0.1) is 0 Å². The van der Waals surface area contributed by atoms with Gasteiger partial charge in [0.2, 0.25) is 0 Å². The van der Waals surface area contributed by atoms with Crippen molar-refractivity contribution < 1.29 is 19.4 Å². The first-order valence-electron chi connectivity index (χ1n) is 13.9. The molecule has 2 aromatic heterocycles. The van der Waals surface area contributed by atoms with Gasteiger partial charge in [0.15, 0.2) is 11.5 Å². The summed E-state index contributed by atoms with van der Waals surface area (Å²) in [4.78, 5) is 19.9. The summed E-state index contributed by atoms with van der Waals surface area (Å²) in [5, 5.41) is 18.6. The summed E-state index contributed by atoms with van der Waals surface area (Å²) in [6.45, 7) is 9.41. The number of H-pyrrole nitrogens is 1. The molecule has 8 heteroatoms. The fourth-order valence-electron chi connectivity index (χ4n) is 5.36. The van der Waals surface area contributed by atoms with E-state index in [9.17, 15) is 9.90 Å². The van der Waals surface area contributed by atoms with Crippen LogP contribution >= 0.6 is 0 Å². The molecule has 0 bridgehead atoms. The number of phenolic OH excluding ortho intramolecular Hbond substituents is 1. The molecule has 8 nitrogen and oxygen atoms in total. The second-order valence-electron chi connectivity index (χ2n) is 10.2. The lowest BCUT2D eigenvalue weighted by molar-refractivity contribution is 0.0729. The molecule has 40 heavy (non-hydrogen) atoms. The largest absolute Gasteiger partial charge is 0.507 e. The molecule has 1 unspecified atom stereocenters. The van der Waals surface area contributed by atoms with Gasteiger partial charge in [0, 0.05) is 30.1 Å². The lowest BCUT2D eigenvalue weighted by Crippen LogP contribution is -2.29. The van der Waals surface area contributed by atoms with Crippen LogP contribution in [0.4, 0.5) is 0 Å². The Kier molecular flexibility index (Phi) is 8.05. The maximum absolute atomic E-state index is 13.8. The van der Waals surface area contributed by atoms with Gasteiger partial charge in [-0.05, 0) is 73.7 Å². The predicted molar refractivity (Wildman–Crippen MR) is 154 cm³/mol. The fourth-order valence-corrected chi connectivity index (χ4v) is 5.36. The molecule has 2 N–H and O–H groups in total. The summed E-state index contributed by atoms with van der Waals surface area (Å²) in [7, 11) is 0. The van der Waals surface area contributed by atoms with Crippen LogP contribution in [0.5, 0.6) is 17.2 Å². The van der Waals surface area contributed by atoms with Crippen LogP contribution in [0.25, 0.3) is 11.3 Å². The van der Waals surface area contributed by atoms with Crippen LogP contribution in [0.2, 0.25) is 0 Å². The molecule has 0 saturated heterocycles. The second-order valence-corrected chi connectivity index (χ2v) is 10.2. The number of aryl methyl sites for hydroxylation is 2. The van der Waals surface area contributed by atoms with Crippen molar-refractivity contribution in [3.8, 4) is 28.5 Å². The fraction of sp³-hybridized carbons (Fsp3) is 0.344. The molecular formula is C32H36N4O4. The van der Waals surface area contributed by atoms with Crippen LogP contribution in [-0.4, -0.2) is 44.3 Å². The van der Waals surface area contributed by atoms with Crippen molar-refractivity contribution in [3.05, 3.63) is 88.4 Å². The number of rotatable bonds is 11. The van der Waals surface area contributed by atoms with E-state index in [1.54, 1.807) is 12.4 Å². The van der Waals surface area contributed by atoms with E-state index in [4.69, 9.17) is 9.47 Å². The third-order valence-corrected chi connectivity index (χ3v) is 7.23. The van der Waals surface area contributed by atoms with Gasteiger partial charge < -0.3 is 19.5 Å². The van der Waals surface area contributed by atoms with E-state index in [2.05, 4.69) is 22.1 Å². The monoisotopic (exact) mass is 540 g/mol. The van der Waals surface area contributed by atoms with Crippen LogP contribution in [0, 0.1) is 13.8 Å². The average molecular weight is 541 g/mol. The van der Waals surface area contributed by atoms with Crippen molar-refractivity contribution >= 4 is 5.91 Å². The van der Waals surface area contributed by atoms with Gasteiger partial charge in [0.1, 0.15) is 17.1 Å². The van der Waals surface area contributed by atoms with E-state index < -0.39 is 6.04 Å². The lowest BCUT2D eigenvalue weighted by atomic mass is 9.93. The molecule has 0 aliphatic carbocycles. The molecule has 1 atom stereocenters. The molecule has 5 rings (SSSR count). The number of carbonyl (C=O) groups is 1. The van der Waals surface area contributed by atoms with Gasteiger partial charge in [-0.3, -0.25) is 14.9 Å². The average Bonchev–Trinajstić information content (AvgIpc) is 3.49. The van der Waals surface area contributed by atoms with Gasteiger partial charge in [0.05, 0.1) is 19.3 Å². The molecule has 0 spiro atoms. The number of aromatic amines is 1. The number of phenols is 1. The molecule has 3 heterocycles. The Morgan fingerprint density at radius 2 is 1.90 bits per heavy atom. The SMILES string of the molecule is CCCCCOc1ccc(C2c3c(-c4cc(C)cc(C)c4O)n[nH]c3C(=O)N2Cc2cccnc2)cc1OCC. The summed E-state index contributed by atoms with van der Waals surface area (Å²) < 4.78 is 12.1. The number of nitrogens with one attached hydrogen (secondary N) is 1. The zero-order valence-electron chi connectivity index (χ0n) is 23.5. The highest BCUT2D eigenvalue weighted by atomic mass is 16.5. The highest BCUT2D eigenvalue weighted by molar-refractivity contribution is 6.00. The van der Waals surface area contributed by atoms with Gasteiger partial charge in [-0.1, -0.05) is 38.0 Å². The van der Waals surface area contributed by atoms with Crippen molar-refractivity contribution in [3.63, 3.8) is 0 Å². The summed E-state index contributed by atoms with van der Waals surface area (Å²) in [6, 6.07) is 13.1. The molecular weight excluding hydrogens is 504 g/mol. The number of unbranched alkanes of at least 4 members (excludes halogenated alkanes) is 2. The summed E-state index contributed by atoms with van der Waals surface area (Å²) in [5.74, 6) is 1.31. The Morgan fingerprint density at radius 1 is 1.05 bits per heavy atom.